The molecule has 2 N–H and O–H groups in total. The Kier molecular flexibility index (Phi) is 16.8. The minimum Gasteiger partial charge on any atom is -0.379 e. The Morgan fingerprint density at radius 2 is 1.62 bits per heavy atom. The molecule has 0 aliphatic carbocycles. The first-order valence-electron chi connectivity index (χ1n) is 17.1. The van der Waals surface area contributed by atoms with Crippen LogP contribution in [0.5, 0.6) is 0 Å². The van der Waals surface area contributed by atoms with Crippen LogP contribution in [0.2, 0.25) is 0 Å². The zero-order valence-corrected chi connectivity index (χ0v) is 30.5. The van der Waals surface area contributed by atoms with Gasteiger partial charge in [0.05, 0.1) is 49.2 Å². The van der Waals surface area contributed by atoms with E-state index in [-0.39, 0.29) is 66.6 Å². The van der Waals surface area contributed by atoms with Crippen molar-refractivity contribution < 1.29 is 28.7 Å². The molecular formula is C36H61N5O6. The van der Waals surface area contributed by atoms with Gasteiger partial charge in [0.1, 0.15) is 0 Å². The van der Waals surface area contributed by atoms with Crippen molar-refractivity contribution in [1.29, 1.82) is 0 Å². The molecule has 0 radical (unpaired) electrons. The summed E-state index contributed by atoms with van der Waals surface area (Å²) in [5.74, 6) is -0.978. The molecule has 1 fully saturated rings. The lowest BCUT2D eigenvalue weighted by molar-refractivity contribution is -0.145. The fourth-order valence-electron chi connectivity index (χ4n) is 6.99. The second-order valence-corrected chi connectivity index (χ2v) is 13.5. The number of amides is 4. The van der Waals surface area contributed by atoms with E-state index in [4.69, 9.17) is 9.47 Å². The van der Waals surface area contributed by atoms with Gasteiger partial charge >= 0.3 is 0 Å². The SMILES string of the molecule is CCC(C)C(C(CC(=O)N1CCCC1C(OC)C(C)C(=O)NCCc1ccccc1)OC)N(C)C(=O)CNC(=O)C(C(C)C)N(C)C. The monoisotopic (exact) mass is 659 g/mol. The van der Waals surface area contributed by atoms with E-state index in [1.54, 1.807) is 26.2 Å². The predicted molar refractivity (Wildman–Crippen MR) is 185 cm³/mol. The van der Waals surface area contributed by atoms with E-state index in [2.05, 4.69) is 10.6 Å². The quantitative estimate of drug-likeness (QED) is 0.234. The maximum absolute atomic E-state index is 13.9. The molecule has 47 heavy (non-hydrogen) atoms. The number of hydrogen-bond donors (Lipinski definition) is 2. The van der Waals surface area contributed by atoms with E-state index in [1.165, 1.54) is 0 Å². The zero-order chi connectivity index (χ0) is 35.3. The van der Waals surface area contributed by atoms with E-state index in [9.17, 15) is 19.2 Å². The second kappa shape index (κ2) is 19.7. The molecule has 1 heterocycles. The second-order valence-electron chi connectivity index (χ2n) is 13.5. The van der Waals surface area contributed by atoms with Crippen molar-refractivity contribution in [2.24, 2.45) is 17.8 Å². The van der Waals surface area contributed by atoms with E-state index in [0.717, 1.165) is 31.2 Å². The summed E-state index contributed by atoms with van der Waals surface area (Å²) in [6.07, 6.45) is 2.11. The van der Waals surface area contributed by atoms with Gasteiger partial charge in [0, 0.05) is 34.4 Å². The lowest BCUT2D eigenvalue weighted by atomic mass is 9.90. The number of methoxy groups -OCH3 is 2. The molecule has 7 atom stereocenters. The highest BCUT2D eigenvalue weighted by Crippen LogP contribution is 2.29. The van der Waals surface area contributed by atoms with Gasteiger partial charge in [0.25, 0.3) is 0 Å². The molecule has 1 aromatic rings. The molecule has 11 nitrogen and oxygen atoms in total. The Balaban J connectivity index is 2.10. The number of carbonyl (C=O) groups excluding carboxylic acids is 4. The van der Waals surface area contributed by atoms with Crippen molar-refractivity contribution in [3.8, 4) is 0 Å². The van der Waals surface area contributed by atoms with Gasteiger partial charge in [-0.15, -0.1) is 0 Å². The first-order chi connectivity index (χ1) is 22.3. The number of rotatable bonds is 19. The van der Waals surface area contributed by atoms with Gasteiger partial charge in [-0.25, -0.2) is 0 Å². The first kappa shape index (κ1) is 40.2. The molecule has 1 aliphatic rings. The molecule has 0 spiro atoms. The fourth-order valence-corrected chi connectivity index (χ4v) is 6.99. The van der Waals surface area contributed by atoms with E-state index < -0.39 is 18.1 Å². The number of benzene rings is 1. The Bertz CT molecular complexity index is 1120. The van der Waals surface area contributed by atoms with Crippen LogP contribution < -0.4 is 10.6 Å². The minimum absolute atomic E-state index is 0.0308. The van der Waals surface area contributed by atoms with E-state index in [0.29, 0.717) is 13.1 Å². The summed E-state index contributed by atoms with van der Waals surface area (Å²) in [4.78, 5) is 58.6. The van der Waals surface area contributed by atoms with Crippen molar-refractivity contribution >= 4 is 23.6 Å². The van der Waals surface area contributed by atoms with E-state index in [1.807, 2.05) is 88.8 Å². The lowest BCUT2D eigenvalue weighted by Crippen LogP contribution is -2.55. The largest absolute Gasteiger partial charge is 0.379 e. The van der Waals surface area contributed by atoms with Crippen LogP contribution in [0.4, 0.5) is 0 Å². The minimum atomic E-state index is -0.562. The van der Waals surface area contributed by atoms with Crippen molar-refractivity contribution in [2.75, 3.05) is 55.0 Å². The number of likely N-dealkylation sites (N-methyl/N-ethyl adjacent to an activating group) is 2. The smallest absolute Gasteiger partial charge is 0.242 e. The van der Waals surface area contributed by atoms with Crippen LogP contribution in [-0.2, 0) is 35.1 Å². The molecule has 1 aliphatic heterocycles. The normalized spacial score (nSPS) is 18.7. The van der Waals surface area contributed by atoms with Crippen molar-refractivity contribution in [1.82, 2.24) is 25.3 Å². The highest BCUT2D eigenvalue weighted by molar-refractivity contribution is 5.87. The predicted octanol–water partition coefficient (Wildman–Crippen LogP) is 2.97. The molecule has 1 aromatic carbocycles. The third kappa shape index (κ3) is 11.3. The molecule has 4 amide bonds. The van der Waals surface area contributed by atoms with Gasteiger partial charge in [-0.3, -0.25) is 24.1 Å². The molecular weight excluding hydrogens is 598 g/mol. The fraction of sp³-hybridized carbons (Fsp3) is 0.722. The van der Waals surface area contributed by atoms with Crippen LogP contribution in [0, 0.1) is 17.8 Å². The average Bonchev–Trinajstić information content (AvgIpc) is 3.53. The van der Waals surface area contributed by atoms with Crippen molar-refractivity contribution in [2.45, 2.75) is 97.1 Å². The highest BCUT2D eigenvalue weighted by Gasteiger charge is 2.42. The van der Waals surface area contributed by atoms with Gasteiger partial charge in [-0.05, 0) is 50.8 Å². The molecule has 11 heteroatoms. The maximum atomic E-state index is 13.9. The van der Waals surface area contributed by atoms with Gasteiger partial charge in [-0.2, -0.15) is 0 Å². The van der Waals surface area contributed by atoms with Crippen LogP contribution in [0.15, 0.2) is 30.3 Å². The molecule has 2 rings (SSSR count). The summed E-state index contributed by atoms with van der Waals surface area (Å²) in [6.45, 7) is 10.8. The molecule has 0 bridgehead atoms. The number of hydrogen-bond acceptors (Lipinski definition) is 7. The molecule has 266 valence electrons. The summed E-state index contributed by atoms with van der Waals surface area (Å²) in [5, 5.41) is 5.85. The number of nitrogens with one attached hydrogen (secondary N) is 2. The number of carbonyl (C=O) groups is 4. The number of likely N-dealkylation sites (tertiary alicyclic amines) is 1. The topological polar surface area (TPSA) is 121 Å². The van der Waals surface area contributed by atoms with Gasteiger partial charge in [0.2, 0.25) is 23.6 Å². The Hall–Kier alpha value is -3.02. The summed E-state index contributed by atoms with van der Waals surface area (Å²) in [7, 11) is 8.57. The highest BCUT2D eigenvalue weighted by atomic mass is 16.5. The maximum Gasteiger partial charge on any atom is 0.242 e. The summed E-state index contributed by atoms with van der Waals surface area (Å²) in [5.41, 5.74) is 1.15. The summed E-state index contributed by atoms with van der Waals surface area (Å²) < 4.78 is 11.8. The number of ether oxygens (including phenoxy) is 2. The Morgan fingerprint density at radius 1 is 0.957 bits per heavy atom. The van der Waals surface area contributed by atoms with Crippen LogP contribution in [0.25, 0.3) is 0 Å². The molecule has 0 aromatic heterocycles. The Morgan fingerprint density at radius 3 is 2.17 bits per heavy atom. The van der Waals surface area contributed by atoms with Gasteiger partial charge < -0.3 is 29.9 Å². The summed E-state index contributed by atoms with van der Waals surface area (Å²) >= 11 is 0. The van der Waals surface area contributed by atoms with Crippen LogP contribution >= 0.6 is 0 Å². The first-order valence-corrected chi connectivity index (χ1v) is 17.1. The zero-order valence-electron chi connectivity index (χ0n) is 30.5. The van der Waals surface area contributed by atoms with Crippen molar-refractivity contribution in [3.63, 3.8) is 0 Å². The van der Waals surface area contributed by atoms with Gasteiger partial charge in [0.15, 0.2) is 0 Å². The van der Waals surface area contributed by atoms with E-state index >= 15 is 0 Å². The average molecular weight is 660 g/mol. The summed E-state index contributed by atoms with van der Waals surface area (Å²) in [6, 6.07) is 9.02. The Labute approximate surface area is 283 Å². The van der Waals surface area contributed by atoms with Crippen molar-refractivity contribution in [3.05, 3.63) is 35.9 Å². The van der Waals surface area contributed by atoms with Crippen LogP contribution in [-0.4, -0.2) is 124 Å². The lowest BCUT2D eigenvalue weighted by Gasteiger charge is -2.39. The number of nitrogens with zero attached hydrogens (tertiary/aromatic N) is 3. The van der Waals surface area contributed by atoms with Crippen LogP contribution in [0.1, 0.15) is 65.9 Å². The molecule has 0 saturated carbocycles. The third-order valence-corrected chi connectivity index (χ3v) is 9.73. The molecule has 1 saturated heterocycles. The van der Waals surface area contributed by atoms with Gasteiger partial charge in [-0.1, -0.05) is 71.4 Å². The van der Waals surface area contributed by atoms with Crippen LogP contribution in [0.3, 0.4) is 0 Å². The standard InChI is InChI=1S/C36H61N5O6/c1-11-25(4)33(40(8)31(43)23-38-36(45)32(24(2)3)39(6)7)29(46-9)22-30(42)41-21-15-18-28(41)34(47-10)26(5)35(44)37-20-19-27-16-13-12-14-17-27/h12-14,16-17,24-26,28-29,32-34H,11,15,18-23H2,1-10H3,(H,37,44)(H,38,45). The third-order valence-electron chi connectivity index (χ3n) is 9.73. The molecule has 7 unspecified atom stereocenters.